The van der Waals surface area contributed by atoms with Gasteiger partial charge in [0, 0.05) is 12.6 Å². The lowest BCUT2D eigenvalue weighted by atomic mass is 10.1. The van der Waals surface area contributed by atoms with E-state index in [-0.39, 0.29) is 0 Å². The van der Waals surface area contributed by atoms with E-state index in [9.17, 15) is 0 Å². The lowest BCUT2D eigenvalue weighted by Gasteiger charge is -2.11. The maximum Gasteiger partial charge on any atom is 0.191 e. The number of hydrogen-bond donors (Lipinski definition) is 2. The molecule has 1 aliphatic carbocycles. The summed E-state index contributed by atoms with van der Waals surface area (Å²) in [6.07, 6.45) is 1.23. The van der Waals surface area contributed by atoms with Crippen molar-refractivity contribution < 1.29 is 4.74 Å². The third kappa shape index (κ3) is 5.88. The molecule has 2 N–H and O–H groups in total. The molecule has 2 aromatic carbocycles. The fourth-order valence-electron chi connectivity index (χ4n) is 2.87. The SMILES string of the molecule is CCNC(=NCc1cccc(COCc2ccccc2)c1)NC1CC1C. The quantitative estimate of drug-likeness (QED) is 0.561. The van der Waals surface area contributed by atoms with Gasteiger partial charge in [-0.1, -0.05) is 61.5 Å². The van der Waals surface area contributed by atoms with Crippen LogP contribution in [0.5, 0.6) is 0 Å². The Bertz CT molecular complexity index is 714. The molecule has 0 aliphatic heterocycles. The van der Waals surface area contributed by atoms with Crippen molar-refractivity contribution in [2.45, 2.75) is 46.1 Å². The van der Waals surface area contributed by atoms with E-state index in [1.807, 2.05) is 18.2 Å². The van der Waals surface area contributed by atoms with E-state index in [4.69, 9.17) is 9.73 Å². The number of aliphatic imine (C=N–C) groups is 1. The van der Waals surface area contributed by atoms with Gasteiger partial charge in [-0.05, 0) is 36.0 Å². The Morgan fingerprint density at radius 3 is 2.46 bits per heavy atom. The molecule has 1 fully saturated rings. The van der Waals surface area contributed by atoms with E-state index in [0.29, 0.717) is 25.8 Å². The Kier molecular flexibility index (Phi) is 6.67. The second-order valence-corrected chi connectivity index (χ2v) is 6.96. The summed E-state index contributed by atoms with van der Waals surface area (Å²) in [7, 11) is 0. The van der Waals surface area contributed by atoms with Crippen LogP contribution in [0, 0.1) is 5.92 Å². The molecule has 0 radical (unpaired) electrons. The maximum absolute atomic E-state index is 5.84. The van der Waals surface area contributed by atoms with E-state index in [1.54, 1.807) is 0 Å². The lowest BCUT2D eigenvalue weighted by Crippen LogP contribution is -2.39. The van der Waals surface area contributed by atoms with Crippen molar-refractivity contribution in [1.29, 1.82) is 0 Å². The molecular weight excluding hydrogens is 322 g/mol. The van der Waals surface area contributed by atoms with Gasteiger partial charge in [0.25, 0.3) is 0 Å². The van der Waals surface area contributed by atoms with Gasteiger partial charge in [-0.15, -0.1) is 0 Å². The van der Waals surface area contributed by atoms with Gasteiger partial charge in [0.15, 0.2) is 5.96 Å². The number of guanidine groups is 1. The molecule has 26 heavy (non-hydrogen) atoms. The Morgan fingerprint density at radius 2 is 1.73 bits per heavy atom. The standard InChI is InChI=1S/C22H29N3O/c1-3-23-22(25-21-12-17(21)2)24-14-19-10-7-11-20(13-19)16-26-15-18-8-5-4-6-9-18/h4-11,13,17,21H,3,12,14-16H2,1-2H3,(H2,23,24,25). The Morgan fingerprint density at radius 1 is 1.04 bits per heavy atom. The van der Waals surface area contributed by atoms with Crippen LogP contribution in [0.3, 0.4) is 0 Å². The normalized spacial score (nSPS) is 19.2. The molecule has 1 aliphatic rings. The van der Waals surface area contributed by atoms with Gasteiger partial charge in [-0.2, -0.15) is 0 Å². The minimum absolute atomic E-state index is 0.575. The van der Waals surface area contributed by atoms with Crippen molar-refractivity contribution in [1.82, 2.24) is 10.6 Å². The zero-order chi connectivity index (χ0) is 18.2. The van der Waals surface area contributed by atoms with Crippen LogP contribution in [0.25, 0.3) is 0 Å². The van der Waals surface area contributed by atoms with Gasteiger partial charge in [0.05, 0.1) is 19.8 Å². The molecule has 2 atom stereocenters. The Balaban J connectivity index is 1.51. The summed E-state index contributed by atoms with van der Waals surface area (Å²) in [5.41, 5.74) is 3.58. The van der Waals surface area contributed by atoms with E-state index >= 15 is 0 Å². The largest absolute Gasteiger partial charge is 0.372 e. The zero-order valence-corrected chi connectivity index (χ0v) is 15.7. The average molecular weight is 351 g/mol. The molecule has 0 amide bonds. The van der Waals surface area contributed by atoms with Crippen molar-refractivity contribution >= 4 is 5.96 Å². The number of nitrogens with one attached hydrogen (secondary N) is 2. The molecular formula is C22H29N3O. The molecule has 0 saturated heterocycles. The highest BCUT2D eigenvalue weighted by atomic mass is 16.5. The molecule has 2 unspecified atom stereocenters. The molecule has 2 aromatic rings. The molecule has 3 rings (SSSR count). The van der Waals surface area contributed by atoms with Gasteiger partial charge in [0.2, 0.25) is 0 Å². The van der Waals surface area contributed by atoms with Crippen molar-refractivity contribution in [2.75, 3.05) is 6.54 Å². The van der Waals surface area contributed by atoms with Crippen molar-refractivity contribution in [3.63, 3.8) is 0 Å². The summed E-state index contributed by atoms with van der Waals surface area (Å²) in [5, 5.41) is 6.82. The summed E-state index contributed by atoms with van der Waals surface area (Å²) in [4.78, 5) is 4.72. The van der Waals surface area contributed by atoms with Gasteiger partial charge in [-0.3, -0.25) is 0 Å². The topological polar surface area (TPSA) is 45.7 Å². The molecule has 0 aromatic heterocycles. The summed E-state index contributed by atoms with van der Waals surface area (Å²) < 4.78 is 5.84. The van der Waals surface area contributed by atoms with E-state index in [2.05, 4.69) is 60.9 Å². The number of rotatable bonds is 8. The minimum atomic E-state index is 0.575. The number of benzene rings is 2. The first-order valence-corrected chi connectivity index (χ1v) is 9.49. The molecule has 1 saturated carbocycles. The van der Waals surface area contributed by atoms with Crippen LogP contribution in [-0.2, 0) is 24.5 Å². The van der Waals surface area contributed by atoms with Crippen molar-refractivity contribution in [2.24, 2.45) is 10.9 Å². The van der Waals surface area contributed by atoms with Gasteiger partial charge in [-0.25, -0.2) is 4.99 Å². The third-order valence-corrected chi connectivity index (χ3v) is 4.57. The lowest BCUT2D eigenvalue weighted by molar-refractivity contribution is 0.107. The van der Waals surface area contributed by atoms with Crippen LogP contribution in [-0.4, -0.2) is 18.5 Å². The summed E-state index contributed by atoms with van der Waals surface area (Å²) in [5.74, 6) is 1.66. The molecule has 0 spiro atoms. The van der Waals surface area contributed by atoms with E-state index < -0.39 is 0 Å². The highest BCUT2D eigenvalue weighted by molar-refractivity contribution is 5.80. The second-order valence-electron chi connectivity index (χ2n) is 6.96. The summed E-state index contributed by atoms with van der Waals surface area (Å²) in [6.45, 7) is 7.16. The maximum atomic E-state index is 5.84. The van der Waals surface area contributed by atoms with Gasteiger partial charge < -0.3 is 15.4 Å². The number of nitrogens with zero attached hydrogens (tertiary/aromatic N) is 1. The first-order valence-electron chi connectivity index (χ1n) is 9.49. The van der Waals surface area contributed by atoms with Crippen LogP contribution >= 0.6 is 0 Å². The second kappa shape index (κ2) is 9.39. The fraction of sp³-hybridized carbons (Fsp3) is 0.409. The fourth-order valence-corrected chi connectivity index (χ4v) is 2.87. The molecule has 0 bridgehead atoms. The average Bonchev–Trinajstić information content (AvgIpc) is 3.36. The molecule has 4 nitrogen and oxygen atoms in total. The smallest absolute Gasteiger partial charge is 0.191 e. The van der Waals surface area contributed by atoms with Crippen molar-refractivity contribution in [3.8, 4) is 0 Å². The third-order valence-electron chi connectivity index (χ3n) is 4.57. The van der Waals surface area contributed by atoms with Crippen LogP contribution in [0.4, 0.5) is 0 Å². The molecule has 0 heterocycles. The highest BCUT2D eigenvalue weighted by Gasteiger charge is 2.33. The molecule has 138 valence electrons. The minimum Gasteiger partial charge on any atom is -0.372 e. The first-order chi connectivity index (χ1) is 12.7. The van der Waals surface area contributed by atoms with Crippen LogP contribution in [0.15, 0.2) is 59.6 Å². The predicted octanol–water partition coefficient (Wildman–Crippen LogP) is 3.87. The van der Waals surface area contributed by atoms with Gasteiger partial charge >= 0.3 is 0 Å². The Hall–Kier alpha value is -2.33. The molecule has 4 heteroatoms. The van der Waals surface area contributed by atoms with Gasteiger partial charge in [0.1, 0.15) is 0 Å². The predicted molar refractivity (Wildman–Crippen MR) is 107 cm³/mol. The van der Waals surface area contributed by atoms with E-state index in [0.717, 1.165) is 18.4 Å². The van der Waals surface area contributed by atoms with Crippen LogP contribution < -0.4 is 10.6 Å². The highest BCUT2D eigenvalue weighted by Crippen LogP contribution is 2.28. The monoisotopic (exact) mass is 351 g/mol. The number of ether oxygens (including phenoxy) is 1. The van der Waals surface area contributed by atoms with Crippen LogP contribution in [0.2, 0.25) is 0 Å². The first kappa shape index (κ1) is 18.5. The zero-order valence-electron chi connectivity index (χ0n) is 15.7. The van der Waals surface area contributed by atoms with E-state index in [1.165, 1.54) is 23.1 Å². The summed E-state index contributed by atoms with van der Waals surface area (Å²) in [6, 6.07) is 19.3. The summed E-state index contributed by atoms with van der Waals surface area (Å²) >= 11 is 0. The number of hydrogen-bond acceptors (Lipinski definition) is 2. The van der Waals surface area contributed by atoms with Crippen molar-refractivity contribution in [3.05, 3.63) is 71.3 Å². The van der Waals surface area contributed by atoms with Crippen LogP contribution in [0.1, 0.15) is 37.0 Å². The Labute approximate surface area is 156 Å².